The summed E-state index contributed by atoms with van der Waals surface area (Å²) in [6.45, 7) is 2.73. The minimum Gasteiger partial charge on any atom is -0.492 e. The number of hydrogen-bond donors (Lipinski definition) is 1. The monoisotopic (exact) mass is 316 g/mol. The molecular formula is C13H17ClN2O5. The Morgan fingerprint density at radius 3 is 2.76 bits per heavy atom. The van der Waals surface area contributed by atoms with E-state index in [1.54, 1.807) is 0 Å². The number of likely N-dealkylation sites (N-methyl/N-ethyl adjacent to an activating group) is 1. The molecule has 0 bridgehead atoms. The van der Waals surface area contributed by atoms with Gasteiger partial charge in [-0.15, -0.1) is 0 Å². The summed E-state index contributed by atoms with van der Waals surface area (Å²) in [7, 11) is 1.32. The molecule has 0 fully saturated rings. The smallest absolute Gasteiger partial charge is 0.322 e. The van der Waals surface area contributed by atoms with Crippen molar-refractivity contribution in [3.05, 3.63) is 33.3 Å². The molecule has 1 N–H and O–H groups in total. The van der Waals surface area contributed by atoms with E-state index in [0.29, 0.717) is 18.7 Å². The van der Waals surface area contributed by atoms with E-state index in [1.165, 1.54) is 25.3 Å². The summed E-state index contributed by atoms with van der Waals surface area (Å²) in [4.78, 5) is 21.6. The van der Waals surface area contributed by atoms with Crippen molar-refractivity contribution in [2.45, 2.75) is 19.4 Å². The first-order valence-corrected chi connectivity index (χ1v) is 6.75. The van der Waals surface area contributed by atoms with Crippen LogP contribution in [0.1, 0.15) is 13.3 Å². The second kappa shape index (κ2) is 8.43. The van der Waals surface area contributed by atoms with Gasteiger partial charge in [0.2, 0.25) is 0 Å². The number of halogens is 1. The molecule has 0 spiro atoms. The lowest BCUT2D eigenvalue weighted by atomic mass is 10.2. The van der Waals surface area contributed by atoms with Gasteiger partial charge in [0.25, 0.3) is 5.69 Å². The first-order chi connectivity index (χ1) is 9.99. The van der Waals surface area contributed by atoms with Crippen LogP contribution in [0.15, 0.2) is 18.2 Å². The van der Waals surface area contributed by atoms with Crippen LogP contribution in [0.3, 0.4) is 0 Å². The lowest BCUT2D eigenvalue weighted by Crippen LogP contribution is -2.38. The number of nitro benzene ring substituents is 1. The number of rotatable bonds is 8. The van der Waals surface area contributed by atoms with Crippen LogP contribution in [0, 0.1) is 10.1 Å². The Labute approximate surface area is 127 Å². The Morgan fingerprint density at radius 2 is 2.24 bits per heavy atom. The third-order valence-corrected chi connectivity index (χ3v) is 3.02. The Hall–Kier alpha value is -1.86. The average molecular weight is 317 g/mol. The number of esters is 1. The molecule has 0 aromatic heterocycles. The summed E-state index contributed by atoms with van der Waals surface area (Å²) in [5.41, 5.74) is -0.104. The second-order valence-electron chi connectivity index (χ2n) is 4.14. The molecule has 1 unspecified atom stereocenters. The number of carbonyl (C=O) groups is 1. The maximum Gasteiger partial charge on any atom is 0.322 e. The molecule has 0 radical (unpaired) electrons. The van der Waals surface area contributed by atoms with Crippen LogP contribution in [-0.4, -0.2) is 37.2 Å². The zero-order valence-electron chi connectivity index (χ0n) is 11.8. The van der Waals surface area contributed by atoms with Crippen molar-refractivity contribution in [1.29, 1.82) is 0 Å². The van der Waals surface area contributed by atoms with Crippen LogP contribution < -0.4 is 10.1 Å². The average Bonchev–Trinajstić information content (AvgIpc) is 2.46. The Bertz CT molecular complexity index is 509. The second-order valence-corrected chi connectivity index (χ2v) is 4.55. The molecule has 1 aromatic carbocycles. The van der Waals surface area contributed by atoms with Gasteiger partial charge in [0, 0.05) is 18.6 Å². The third-order valence-electron chi connectivity index (χ3n) is 2.73. The van der Waals surface area contributed by atoms with Crippen LogP contribution >= 0.6 is 11.6 Å². The van der Waals surface area contributed by atoms with Gasteiger partial charge in [0.15, 0.2) is 0 Å². The molecule has 0 aliphatic rings. The Balaban J connectivity index is 2.58. The van der Waals surface area contributed by atoms with Crippen molar-refractivity contribution < 1.29 is 19.2 Å². The van der Waals surface area contributed by atoms with E-state index in [9.17, 15) is 14.9 Å². The Kier molecular flexibility index (Phi) is 6.90. The molecule has 1 atom stereocenters. The molecular weight excluding hydrogens is 300 g/mol. The lowest BCUT2D eigenvalue weighted by molar-refractivity contribution is -0.384. The van der Waals surface area contributed by atoms with Gasteiger partial charge < -0.3 is 14.8 Å². The van der Waals surface area contributed by atoms with Gasteiger partial charge in [-0.25, -0.2) is 0 Å². The van der Waals surface area contributed by atoms with Crippen molar-refractivity contribution in [3.8, 4) is 5.75 Å². The first kappa shape index (κ1) is 17.2. The number of nitrogens with zero attached hydrogens (tertiary/aromatic N) is 1. The van der Waals surface area contributed by atoms with Gasteiger partial charge in [-0.1, -0.05) is 18.5 Å². The maximum absolute atomic E-state index is 11.5. The largest absolute Gasteiger partial charge is 0.492 e. The molecule has 7 nitrogen and oxygen atoms in total. The SMILES string of the molecule is CCNC(CCOc1ccc([N+](=O)[O-])cc1Cl)C(=O)OC. The van der Waals surface area contributed by atoms with Gasteiger partial charge in [-0.3, -0.25) is 14.9 Å². The number of hydrogen-bond acceptors (Lipinski definition) is 6. The summed E-state index contributed by atoms with van der Waals surface area (Å²) < 4.78 is 10.1. The van der Waals surface area contributed by atoms with E-state index < -0.39 is 11.0 Å². The quantitative estimate of drug-likeness (QED) is 0.449. The molecule has 0 amide bonds. The van der Waals surface area contributed by atoms with Gasteiger partial charge in [0.05, 0.1) is 23.7 Å². The van der Waals surface area contributed by atoms with Crippen LogP contribution in [0.5, 0.6) is 5.75 Å². The number of ether oxygens (including phenoxy) is 2. The van der Waals surface area contributed by atoms with Gasteiger partial charge in [0.1, 0.15) is 11.8 Å². The summed E-state index contributed by atoms with van der Waals surface area (Å²) in [6, 6.07) is 3.50. The minimum atomic E-state index is -0.534. The lowest BCUT2D eigenvalue weighted by Gasteiger charge is -2.15. The zero-order chi connectivity index (χ0) is 15.8. The molecule has 0 aliphatic carbocycles. The highest BCUT2D eigenvalue weighted by atomic mass is 35.5. The highest BCUT2D eigenvalue weighted by Crippen LogP contribution is 2.28. The van der Waals surface area contributed by atoms with Gasteiger partial charge in [-0.2, -0.15) is 0 Å². The van der Waals surface area contributed by atoms with E-state index in [-0.39, 0.29) is 23.3 Å². The fraction of sp³-hybridized carbons (Fsp3) is 0.462. The number of nitro groups is 1. The van der Waals surface area contributed by atoms with Crippen molar-refractivity contribution in [2.75, 3.05) is 20.3 Å². The molecule has 0 saturated heterocycles. The van der Waals surface area contributed by atoms with Crippen LogP contribution in [0.4, 0.5) is 5.69 Å². The first-order valence-electron chi connectivity index (χ1n) is 6.37. The fourth-order valence-electron chi connectivity index (χ4n) is 1.70. The predicted octanol–water partition coefficient (Wildman–Crippen LogP) is 2.17. The number of non-ortho nitro benzene ring substituents is 1. The molecule has 1 rings (SSSR count). The molecule has 0 aliphatic heterocycles. The molecule has 0 heterocycles. The van der Waals surface area contributed by atoms with Gasteiger partial charge in [-0.05, 0) is 12.6 Å². The zero-order valence-corrected chi connectivity index (χ0v) is 12.6. The van der Waals surface area contributed by atoms with Crippen molar-refractivity contribution >= 4 is 23.3 Å². The standard InChI is InChI=1S/C13H17ClN2O5/c1-3-15-11(13(17)20-2)6-7-21-12-5-4-9(16(18)19)8-10(12)14/h4-5,8,11,15H,3,6-7H2,1-2H3. The summed E-state index contributed by atoms with van der Waals surface area (Å²) in [5.74, 6) is -0.0300. The van der Waals surface area contributed by atoms with Crippen LogP contribution in [0.25, 0.3) is 0 Å². The van der Waals surface area contributed by atoms with Crippen molar-refractivity contribution in [2.24, 2.45) is 0 Å². The topological polar surface area (TPSA) is 90.7 Å². The number of nitrogens with one attached hydrogen (secondary N) is 1. The number of benzene rings is 1. The molecule has 8 heteroatoms. The van der Waals surface area contributed by atoms with Crippen molar-refractivity contribution in [1.82, 2.24) is 5.32 Å². The Morgan fingerprint density at radius 1 is 1.52 bits per heavy atom. The normalized spacial score (nSPS) is 11.8. The molecule has 0 saturated carbocycles. The van der Waals surface area contributed by atoms with E-state index in [4.69, 9.17) is 16.3 Å². The predicted molar refractivity (Wildman–Crippen MR) is 77.7 cm³/mol. The molecule has 116 valence electrons. The van der Waals surface area contributed by atoms with Gasteiger partial charge >= 0.3 is 5.97 Å². The highest BCUT2D eigenvalue weighted by Gasteiger charge is 2.18. The summed E-state index contributed by atoms with van der Waals surface area (Å²) in [6.07, 6.45) is 0.397. The summed E-state index contributed by atoms with van der Waals surface area (Å²) in [5, 5.41) is 13.7. The number of methoxy groups -OCH3 is 1. The maximum atomic E-state index is 11.5. The van der Waals surface area contributed by atoms with E-state index in [1.807, 2.05) is 6.92 Å². The van der Waals surface area contributed by atoms with Crippen molar-refractivity contribution in [3.63, 3.8) is 0 Å². The highest BCUT2D eigenvalue weighted by molar-refractivity contribution is 6.32. The van der Waals surface area contributed by atoms with Crippen LogP contribution in [-0.2, 0) is 9.53 Å². The third kappa shape index (κ3) is 5.20. The number of carbonyl (C=O) groups excluding carboxylic acids is 1. The van der Waals surface area contributed by atoms with E-state index >= 15 is 0 Å². The minimum absolute atomic E-state index is 0.104. The van der Waals surface area contributed by atoms with E-state index in [0.717, 1.165) is 0 Å². The molecule has 1 aromatic rings. The summed E-state index contributed by atoms with van der Waals surface area (Å²) >= 11 is 5.90. The molecule has 21 heavy (non-hydrogen) atoms. The van der Waals surface area contributed by atoms with E-state index in [2.05, 4.69) is 10.1 Å². The van der Waals surface area contributed by atoms with Crippen LogP contribution in [0.2, 0.25) is 5.02 Å². The fourth-order valence-corrected chi connectivity index (χ4v) is 1.93.